The molecule has 8 nitrogen and oxygen atoms in total. The van der Waals surface area contributed by atoms with E-state index in [1.165, 1.54) is 17.8 Å². The molecule has 0 spiro atoms. The van der Waals surface area contributed by atoms with E-state index in [1.54, 1.807) is 19.1 Å². The number of amides is 1. The molecule has 0 aliphatic heterocycles. The van der Waals surface area contributed by atoms with Crippen molar-refractivity contribution in [1.29, 1.82) is 0 Å². The first-order valence-electron chi connectivity index (χ1n) is 9.21. The molecule has 1 fully saturated rings. The number of hydrogen-bond acceptors (Lipinski definition) is 6. The van der Waals surface area contributed by atoms with Gasteiger partial charge in [-0.1, -0.05) is 36.0 Å². The highest BCUT2D eigenvalue weighted by Crippen LogP contribution is 2.41. The number of carbonyl (C=O) groups excluding carboxylic acids is 1. The maximum absolute atomic E-state index is 12.4. The molecule has 2 aromatic carbocycles. The summed E-state index contributed by atoms with van der Waals surface area (Å²) in [4.78, 5) is 23.2. The standard InChI is InChI=1S/C20H19N5O3S/c1-13-7-10-16(17(11-13)25(27)28)21-18(26)12-29-20-23-22-19(14-8-9-14)24(20)15-5-3-2-4-6-15/h2-7,10-11,14H,8-9,12H2,1H3,(H,21,26). The molecule has 0 bridgehead atoms. The van der Waals surface area contributed by atoms with E-state index in [2.05, 4.69) is 15.5 Å². The van der Waals surface area contributed by atoms with Crippen molar-refractivity contribution in [3.8, 4) is 5.69 Å². The molecule has 0 unspecified atom stereocenters. The number of para-hydroxylation sites is 1. The van der Waals surface area contributed by atoms with Crippen LogP contribution in [0.4, 0.5) is 11.4 Å². The molecule has 1 N–H and O–H groups in total. The number of nitrogens with zero attached hydrogens (tertiary/aromatic N) is 4. The van der Waals surface area contributed by atoms with Gasteiger partial charge in [-0.2, -0.15) is 0 Å². The van der Waals surface area contributed by atoms with E-state index >= 15 is 0 Å². The van der Waals surface area contributed by atoms with Gasteiger partial charge in [0.1, 0.15) is 11.5 Å². The Balaban J connectivity index is 1.50. The maximum Gasteiger partial charge on any atom is 0.293 e. The second kappa shape index (κ2) is 8.04. The third-order valence-electron chi connectivity index (χ3n) is 4.57. The Labute approximate surface area is 171 Å². The monoisotopic (exact) mass is 409 g/mol. The van der Waals surface area contributed by atoms with Gasteiger partial charge in [0.05, 0.1) is 10.7 Å². The van der Waals surface area contributed by atoms with E-state index in [-0.39, 0.29) is 23.0 Å². The molecule has 9 heteroatoms. The van der Waals surface area contributed by atoms with Crippen LogP contribution in [-0.2, 0) is 4.79 Å². The summed E-state index contributed by atoms with van der Waals surface area (Å²) < 4.78 is 1.99. The lowest BCUT2D eigenvalue weighted by atomic mass is 10.2. The Bertz CT molecular complexity index is 1060. The van der Waals surface area contributed by atoms with Crippen molar-refractivity contribution in [2.45, 2.75) is 30.8 Å². The van der Waals surface area contributed by atoms with Crippen LogP contribution in [0, 0.1) is 17.0 Å². The lowest BCUT2D eigenvalue weighted by molar-refractivity contribution is -0.384. The Morgan fingerprint density at radius 3 is 2.69 bits per heavy atom. The molecule has 1 aliphatic carbocycles. The Morgan fingerprint density at radius 2 is 2.00 bits per heavy atom. The number of nitrogens with one attached hydrogen (secondary N) is 1. The van der Waals surface area contributed by atoms with Gasteiger partial charge >= 0.3 is 0 Å². The molecule has 3 aromatic rings. The molecule has 4 rings (SSSR count). The third kappa shape index (κ3) is 4.29. The van der Waals surface area contributed by atoms with E-state index in [0.717, 1.165) is 29.9 Å². The number of nitro groups is 1. The van der Waals surface area contributed by atoms with E-state index in [9.17, 15) is 14.9 Å². The molecule has 1 aromatic heterocycles. The molecule has 148 valence electrons. The summed E-state index contributed by atoms with van der Waals surface area (Å²) in [6.07, 6.45) is 2.18. The van der Waals surface area contributed by atoms with Gasteiger partial charge in [-0.15, -0.1) is 10.2 Å². The smallest absolute Gasteiger partial charge is 0.293 e. The molecule has 0 saturated heterocycles. The van der Waals surface area contributed by atoms with Gasteiger partial charge in [0, 0.05) is 17.7 Å². The molecular weight excluding hydrogens is 390 g/mol. The molecular formula is C20H19N5O3S. The van der Waals surface area contributed by atoms with Gasteiger partial charge in [0.2, 0.25) is 5.91 Å². The summed E-state index contributed by atoms with van der Waals surface area (Å²) in [5, 5.41) is 23.1. The second-order valence-corrected chi connectivity index (χ2v) is 7.84. The number of thioether (sulfide) groups is 1. The number of aryl methyl sites for hydroxylation is 1. The maximum atomic E-state index is 12.4. The number of rotatable bonds is 7. The quantitative estimate of drug-likeness (QED) is 0.358. The lowest BCUT2D eigenvalue weighted by Crippen LogP contribution is -2.15. The van der Waals surface area contributed by atoms with E-state index in [0.29, 0.717) is 11.1 Å². The number of nitro benzene ring substituents is 1. The summed E-state index contributed by atoms with van der Waals surface area (Å²) in [6.45, 7) is 1.77. The van der Waals surface area contributed by atoms with Crippen LogP contribution in [0.5, 0.6) is 0 Å². The predicted molar refractivity (Wildman–Crippen MR) is 111 cm³/mol. The first-order valence-corrected chi connectivity index (χ1v) is 10.2. The summed E-state index contributed by atoms with van der Waals surface area (Å²) in [6, 6.07) is 14.5. The summed E-state index contributed by atoms with van der Waals surface area (Å²) in [5.41, 5.74) is 1.78. The number of hydrogen-bond donors (Lipinski definition) is 1. The van der Waals surface area contributed by atoms with Crippen LogP contribution in [0.15, 0.2) is 53.7 Å². The van der Waals surface area contributed by atoms with Crippen molar-refractivity contribution < 1.29 is 9.72 Å². The average Bonchev–Trinajstić information content (AvgIpc) is 3.47. The van der Waals surface area contributed by atoms with Crippen LogP contribution in [0.3, 0.4) is 0 Å². The van der Waals surface area contributed by atoms with Gasteiger partial charge in [-0.25, -0.2) is 0 Å². The van der Waals surface area contributed by atoms with Crippen LogP contribution < -0.4 is 5.32 Å². The first-order chi connectivity index (χ1) is 14.0. The van der Waals surface area contributed by atoms with Crippen LogP contribution in [0.25, 0.3) is 5.69 Å². The average molecular weight is 409 g/mol. The lowest BCUT2D eigenvalue weighted by Gasteiger charge is -2.10. The van der Waals surface area contributed by atoms with Gasteiger partial charge in [-0.3, -0.25) is 19.5 Å². The highest BCUT2D eigenvalue weighted by molar-refractivity contribution is 7.99. The fraction of sp³-hybridized carbons (Fsp3) is 0.250. The van der Waals surface area contributed by atoms with Crippen LogP contribution in [0.1, 0.15) is 30.1 Å². The largest absolute Gasteiger partial charge is 0.320 e. The van der Waals surface area contributed by atoms with E-state index in [1.807, 2.05) is 34.9 Å². The van der Waals surface area contributed by atoms with Crippen molar-refractivity contribution in [3.05, 3.63) is 70.0 Å². The fourth-order valence-electron chi connectivity index (χ4n) is 3.02. The zero-order valence-corrected chi connectivity index (χ0v) is 16.6. The van der Waals surface area contributed by atoms with Crippen LogP contribution in [0.2, 0.25) is 0 Å². The number of benzene rings is 2. The van der Waals surface area contributed by atoms with Crippen molar-refractivity contribution in [2.75, 3.05) is 11.1 Å². The molecule has 1 amide bonds. The van der Waals surface area contributed by atoms with Crippen molar-refractivity contribution in [2.24, 2.45) is 0 Å². The van der Waals surface area contributed by atoms with E-state index in [4.69, 9.17) is 0 Å². The van der Waals surface area contributed by atoms with Crippen LogP contribution >= 0.6 is 11.8 Å². The number of carbonyl (C=O) groups is 1. The zero-order chi connectivity index (χ0) is 20.4. The zero-order valence-electron chi connectivity index (χ0n) is 15.7. The fourth-order valence-corrected chi connectivity index (χ4v) is 3.77. The summed E-state index contributed by atoms with van der Waals surface area (Å²) in [7, 11) is 0. The highest BCUT2D eigenvalue weighted by Gasteiger charge is 2.31. The Hall–Kier alpha value is -3.20. The van der Waals surface area contributed by atoms with Gasteiger partial charge in [0.15, 0.2) is 5.16 Å². The number of anilines is 1. The highest BCUT2D eigenvalue weighted by atomic mass is 32.2. The number of aromatic nitrogens is 3. The molecule has 29 heavy (non-hydrogen) atoms. The summed E-state index contributed by atoms with van der Waals surface area (Å²) >= 11 is 1.26. The normalized spacial score (nSPS) is 13.3. The minimum atomic E-state index is -0.496. The minimum Gasteiger partial charge on any atom is -0.320 e. The molecule has 0 atom stereocenters. The molecule has 0 radical (unpaired) electrons. The predicted octanol–water partition coefficient (Wildman–Crippen LogP) is 4.09. The van der Waals surface area contributed by atoms with Crippen molar-refractivity contribution in [1.82, 2.24) is 14.8 Å². The molecule has 1 saturated carbocycles. The van der Waals surface area contributed by atoms with Crippen LogP contribution in [-0.4, -0.2) is 31.3 Å². The Kier molecular flexibility index (Phi) is 5.30. The van der Waals surface area contributed by atoms with E-state index < -0.39 is 4.92 Å². The molecule has 1 heterocycles. The van der Waals surface area contributed by atoms with Crippen molar-refractivity contribution in [3.63, 3.8) is 0 Å². The third-order valence-corrected chi connectivity index (χ3v) is 5.50. The molecule has 1 aliphatic rings. The topological polar surface area (TPSA) is 103 Å². The second-order valence-electron chi connectivity index (χ2n) is 6.90. The van der Waals surface area contributed by atoms with Gasteiger partial charge in [0.25, 0.3) is 5.69 Å². The van der Waals surface area contributed by atoms with Crippen molar-refractivity contribution >= 4 is 29.0 Å². The first kappa shape index (κ1) is 19.1. The van der Waals surface area contributed by atoms with Gasteiger partial charge < -0.3 is 5.32 Å². The summed E-state index contributed by atoms with van der Waals surface area (Å²) in [5.74, 6) is 1.05. The minimum absolute atomic E-state index is 0.0701. The Morgan fingerprint density at radius 1 is 1.24 bits per heavy atom. The van der Waals surface area contributed by atoms with Gasteiger partial charge in [-0.05, 0) is 43.5 Å². The SMILES string of the molecule is Cc1ccc(NC(=O)CSc2nnc(C3CC3)n2-c2ccccc2)c([N+](=O)[O-])c1.